The van der Waals surface area contributed by atoms with Gasteiger partial charge in [-0.2, -0.15) is 5.26 Å². The number of aromatic nitrogens is 2. The van der Waals surface area contributed by atoms with Crippen molar-refractivity contribution in [2.24, 2.45) is 0 Å². The van der Waals surface area contributed by atoms with Gasteiger partial charge in [0.05, 0.1) is 36.5 Å². The second-order valence-electron chi connectivity index (χ2n) is 7.79. The molecule has 2 heterocycles. The highest BCUT2D eigenvalue weighted by Crippen LogP contribution is 2.32. The summed E-state index contributed by atoms with van der Waals surface area (Å²) in [6.45, 7) is 3.07. The molecule has 1 fully saturated rings. The van der Waals surface area contributed by atoms with Crippen molar-refractivity contribution >= 4 is 28.5 Å². The molecular weight excluding hydrogens is 434 g/mol. The molecule has 0 amide bonds. The molecule has 0 unspecified atom stereocenters. The molecule has 34 heavy (non-hydrogen) atoms. The molecule has 0 aliphatic carbocycles. The Morgan fingerprint density at radius 3 is 2.29 bits per heavy atom. The first-order chi connectivity index (χ1) is 16.7. The Bertz CT molecular complexity index is 1190. The van der Waals surface area contributed by atoms with Crippen LogP contribution < -0.4 is 14.5 Å². The molecule has 9 nitrogen and oxygen atoms in total. The number of carbonyl (C=O) groups is 1. The molecule has 2 aromatic carbocycles. The molecule has 1 atom stereocenters. The predicted molar refractivity (Wildman–Crippen MR) is 128 cm³/mol. The van der Waals surface area contributed by atoms with Gasteiger partial charge in [-0.3, -0.25) is 4.79 Å². The fraction of sp³-hybridized carbons (Fsp3) is 0.360. The van der Waals surface area contributed by atoms with Crippen LogP contribution in [-0.4, -0.2) is 69.5 Å². The van der Waals surface area contributed by atoms with Crippen molar-refractivity contribution in [3.63, 3.8) is 0 Å². The average Bonchev–Trinajstić information content (AvgIpc) is 2.89. The Morgan fingerprint density at radius 1 is 0.971 bits per heavy atom. The van der Waals surface area contributed by atoms with Gasteiger partial charge in [0.2, 0.25) is 0 Å². The standard InChI is InChI=1S/C25H27N5O4/c1-32-15-16-34-25(31)18(17-26)23-24(28-20-8-4-3-7-19(20)27-23)30-13-11-29(12-14-30)21-9-5-6-10-22(21)33-2/h3-10,18H,11-16H2,1-2H3/t18-/m1/s1. The van der Waals surface area contributed by atoms with Crippen LogP contribution in [0.2, 0.25) is 0 Å². The fourth-order valence-corrected chi connectivity index (χ4v) is 4.02. The molecule has 1 aliphatic rings. The molecule has 3 aromatic rings. The Labute approximate surface area is 198 Å². The number of nitrogens with zero attached hydrogens (tertiary/aromatic N) is 5. The monoisotopic (exact) mass is 461 g/mol. The van der Waals surface area contributed by atoms with Crippen LogP contribution in [0.3, 0.4) is 0 Å². The summed E-state index contributed by atoms with van der Waals surface area (Å²) in [6.07, 6.45) is 0. The summed E-state index contributed by atoms with van der Waals surface area (Å²) in [5, 5.41) is 9.86. The van der Waals surface area contributed by atoms with Crippen molar-refractivity contribution in [2.75, 3.05) is 63.4 Å². The minimum Gasteiger partial charge on any atom is -0.495 e. The number of anilines is 2. The van der Waals surface area contributed by atoms with Gasteiger partial charge in [-0.05, 0) is 24.3 Å². The van der Waals surface area contributed by atoms with Crippen LogP contribution in [0.25, 0.3) is 11.0 Å². The lowest BCUT2D eigenvalue weighted by molar-refractivity contribution is -0.145. The van der Waals surface area contributed by atoms with Gasteiger partial charge in [-0.25, -0.2) is 9.97 Å². The third kappa shape index (κ3) is 4.87. The third-order valence-electron chi connectivity index (χ3n) is 5.75. The molecule has 1 saturated heterocycles. The van der Waals surface area contributed by atoms with E-state index in [0.717, 1.165) is 24.5 Å². The number of benzene rings is 2. The van der Waals surface area contributed by atoms with Crippen LogP contribution in [-0.2, 0) is 14.3 Å². The number of ether oxygens (including phenoxy) is 3. The van der Waals surface area contributed by atoms with Crippen molar-refractivity contribution in [3.8, 4) is 11.8 Å². The maximum Gasteiger partial charge on any atom is 0.329 e. The molecular formula is C25H27N5O4. The molecule has 0 radical (unpaired) electrons. The summed E-state index contributed by atoms with van der Waals surface area (Å²) in [6, 6.07) is 17.4. The van der Waals surface area contributed by atoms with Gasteiger partial charge in [-0.15, -0.1) is 0 Å². The number of rotatable bonds is 8. The van der Waals surface area contributed by atoms with Crippen molar-refractivity contribution in [2.45, 2.75) is 5.92 Å². The zero-order valence-electron chi connectivity index (χ0n) is 19.3. The normalized spacial score (nSPS) is 14.5. The quantitative estimate of drug-likeness (QED) is 0.370. The third-order valence-corrected chi connectivity index (χ3v) is 5.75. The fourth-order valence-electron chi connectivity index (χ4n) is 4.02. The van der Waals surface area contributed by atoms with E-state index in [0.29, 0.717) is 35.6 Å². The van der Waals surface area contributed by atoms with Crippen molar-refractivity contribution in [1.82, 2.24) is 9.97 Å². The lowest BCUT2D eigenvalue weighted by Gasteiger charge is -2.37. The van der Waals surface area contributed by atoms with E-state index in [-0.39, 0.29) is 13.2 Å². The first kappa shape index (κ1) is 23.3. The van der Waals surface area contributed by atoms with Gasteiger partial charge in [-0.1, -0.05) is 24.3 Å². The van der Waals surface area contributed by atoms with E-state index in [4.69, 9.17) is 19.2 Å². The van der Waals surface area contributed by atoms with E-state index in [1.807, 2.05) is 48.5 Å². The molecule has 0 N–H and O–H groups in total. The van der Waals surface area contributed by atoms with E-state index < -0.39 is 11.9 Å². The summed E-state index contributed by atoms with van der Waals surface area (Å²) in [5.41, 5.74) is 2.68. The molecule has 9 heteroatoms. The second-order valence-corrected chi connectivity index (χ2v) is 7.79. The van der Waals surface area contributed by atoms with E-state index in [9.17, 15) is 10.1 Å². The topological polar surface area (TPSA) is 101 Å². The molecule has 1 aliphatic heterocycles. The summed E-state index contributed by atoms with van der Waals surface area (Å²) in [4.78, 5) is 26.5. The number of esters is 1. The number of piperazine rings is 1. The van der Waals surface area contributed by atoms with Crippen molar-refractivity contribution in [1.29, 1.82) is 5.26 Å². The van der Waals surface area contributed by atoms with Gasteiger partial charge < -0.3 is 24.0 Å². The first-order valence-electron chi connectivity index (χ1n) is 11.1. The maximum atomic E-state index is 12.7. The second kappa shape index (κ2) is 10.8. The number of hydrogen-bond acceptors (Lipinski definition) is 9. The number of carbonyl (C=O) groups excluding carboxylic acids is 1. The largest absolute Gasteiger partial charge is 0.495 e. The van der Waals surface area contributed by atoms with Crippen molar-refractivity contribution in [3.05, 3.63) is 54.2 Å². The van der Waals surface area contributed by atoms with Gasteiger partial charge in [0.25, 0.3) is 0 Å². The Kier molecular flexibility index (Phi) is 7.40. The van der Waals surface area contributed by atoms with E-state index in [1.54, 1.807) is 7.11 Å². The van der Waals surface area contributed by atoms with Gasteiger partial charge in [0.15, 0.2) is 11.7 Å². The highest BCUT2D eigenvalue weighted by Gasteiger charge is 2.31. The Balaban J connectivity index is 1.63. The SMILES string of the molecule is COCCOC(=O)[C@H](C#N)c1nc2ccccc2nc1N1CCN(c2ccccc2OC)CC1. The molecule has 0 spiro atoms. The highest BCUT2D eigenvalue weighted by molar-refractivity contribution is 5.85. The van der Waals surface area contributed by atoms with Crippen LogP contribution >= 0.6 is 0 Å². The van der Waals surface area contributed by atoms with E-state index in [2.05, 4.69) is 20.9 Å². The zero-order valence-corrected chi connectivity index (χ0v) is 19.3. The number of hydrogen-bond donors (Lipinski definition) is 0. The summed E-state index contributed by atoms with van der Waals surface area (Å²) in [5.74, 6) is -0.478. The van der Waals surface area contributed by atoms with Crippen LogP contribution in [0, 0.1) is 11.3 Å². The maximum absolute atomic E-state index is 12.7. The molecule has 4 rings (SSSR count). The van der Waals surface area contributed by atoms with E-state index >= 15 is 0 Å². The Morgan fingerprint density at radius 2 is 1.62 bits per heavy atom. The van der Waals surface area contributed by atoms with Crippen LogP contribution in [0.5, 0.6) is 5.75 Å². The van der Waals surface area contributed by atoms with Gasteiger partial charge in [0.1, 0.15) is 18.1 Å². The van der Waals surface area contributed by atoms with Crippen molar-refractivity contribution < 1.29 is 19.0 Å². The van der Waals surface area contributed by atoms with E-state index in [1.165, 1.54) is 7.11 Å². The summed E-state index contributed by atoms with van der Waals surface area (Å²) < 4.78 is 15.7. The van der Waals surface area contributed by atoms with Crippen LogP contribution in [0.15, 0.2) is 48.5 Å². The molecule has 176 valence electrons. The lowest BCUT2D eigenvalue weighted by atomic mass is 10.1. The smallest absolute Gasteiger partial charge is 0.329 e. The number of para-hydroxylation sites is 4. The highest BCUT2D eigenvalue weighted by atomic mass is 16.6. The number of fused-ring (bicyclic) bond motifs is 1. The lowest BCUT2D eigenvalue weighted by Crippen LogP contribution is -2.47. The van der Waals surface area contributed by atoms with Crippen LogP contribution in [0.1, 0.15) is 11.6 Å². The minimum absolute atomic E-state index is 0.0709. The van der Waals surface area contributed by atoms with Gasteiger partial charge >= 0.3 is 5.97 Å². The van der Waals surface area contributed by atoms with Crippen LogP contribution in [0.4, 0.5) is 11.5 Å². The number of nitriles is 1. The molecule has 0 saturated carbocycles. The zero-order chi connectivity index (χ0) is 23.9. The predicted octanol–water partition coefficient (Wildman–Crippen LogP) is 2.76. The Hall–Kier alpha value is -3.90. The summed E-state index contributed by atoms with van der Waals surface area (Å²) >= 11 is 0. The molecule has 0 bridgehead atoms. The van der Waals surface area contributed by atoms with Gasteiger partial charge in [0, 0.05) is 33.3 Å². The summed E-state index contributed by atoms with van der Waals surface area (Å²) in [7, 11) is 3.19. The average molecular weight is 462 g/mol. The minimum atomic E-state index is -1.18. The first-order valence-corrected chi connectivity index (χ1v) is 11.1. The molecule has 1 aromatic heterocycles. The number of methoxy groups -OCH3 is 2.